The van der Waals surface area contributed by atoms with E-state index in [9.17, 15) is 9.90 Å². The molecule has 2 atom stereocenters. The van der Waals surface area contributed by atoms with Crippen LogP contribution in [0.3, 0.4) is 0 Å². The summed E-state index contributed by atoms with van der Waals surface area (Å²) in [4.78, 5) is 11.9. The Bertz CT molecular complexity index is 339. The molecule has 1 aromatic rings. The first kappa shape index (κ1) is 14.1. The Morgan fingerprint density at radius 3 is 2.53 bits per heavy atom. The molecule has 3 nitrogen and oxygen atoms in total. The van der Waals surface area contributed by atoms with Crippen LogP contribution in [0.15, 0.2) is 30.3 Å². The van der Waals surface area contributed by atoms with Gasteiger partial charge in [0.15, 0.2) is 0 Å². The number of aliphatic hydroxyl groups excluding tert-OH is 1. The lowest BCUT2D eigenvalue weighted by atomic mass is 10.1. The molecule has 0 radical (unpaired) electrons. The highest BCUT2D eigenvalue weighted by molar-refractivity contribution is 7.99. The van der Waals surface area contributed by atoms with E-state index in [0.29, 0.717) is 0 Å². The van der Waals surface area contributed by atoms with Gasteiger partial charge in [-0.3, -0.25) is 4.79 Å². The first-order chi connectivity index (χ1) is 8.22. The van der Waals surface area contributed by atoms with Crippen molar-refractivity contribution in [3.63, 3.8) is 0 Å². The normalized spacial score (nSPS) is 14.1. The Labute approximate surface area is 107 Å². The number of hydrogen-bond donors (Lipinski definition) is 2. The van der Waals surface area contributed by atoms with Gasteiger partial charge in [-0.15, -0.1) is 0 Å². The van der Waals surface area contributed by atoms with Crippen LogP contribution >= 0.6 is 11.8 Å². The molecule has 1 aromatic carbocycles. The van der Waals surface area contributed by atoms with Gasteiger partial charge >= 0.3 is 0 Å². The third-order valence-electron chi connectivity index (χ3n) is 2.65. The Balaban J connectivity index is 2.68. The van der Waals surface area contributed by atoms with Gasteiger partial charge < -0.3 is 10.4 Å². The maximum atomic E-state index is 11.9. The number of benzene rings is 1. The van der Waals surface area contributed by atoms with Crippen LogP contribution in [0.4, 0.5) is 0 Å². The molecule has 0 bridgehead atoms. The number of carbonyl (C=O) groups is 1. The topological polar surface area (TPSA) is 49.3 Å². The predicted octanol–water partition coefficient (Wildman–Crippen LogP) is 1.98. The summed E-state index contributed by atoms with van der Waals surface area (Å²) in [7, 11) is 0. The molecule has 0 aliphatic carbocycles. The maximum absolute atomic E-state index is 11.9. The standard InChI is InChI=1S/C13H19NO2S/c1-3-12(17-2)13(16)14-11(9-15)10-7-5-4-6-8-10/h4-8,11-12,15H,3,9H2,1-2H3,(H,14,16)/t11-,12+/m1/s1. The fourth-order valence-corrected chi connectivity index (χ4v) is 2.26. The molecule has 0 saturated carbocycles. The number of amides is 1. The Morgan fingerprint density at radius 1 is 1.41 bits per heavy atom. The molecule has 0 spiro atoms. The lowest BCUT2D eigenvalue weighted by Gasteiger charge is -2.20. The van der Waals surface area contributed by atoms with Crippen LogP contribution < -0.4 is 5.32 Å². The van der Waals surface area contributed by atoms with Crippen molar-refractivity contribution in [2.24, 2.45) is 0 Å². The molecule has 1 rings (SSSR count). The Morgan fingerprint density at radius 2 is 2.06 bits per heavy atom. The van der Waals surface area contributed by atoms with Gasteiger partial charge in [0.25, 0.3) is 0 Å². The summed E-state index contributed by atoms with van der Waals surface area (Å²) >= 11 is 1.53. The zero-order chi connectivity index (χ0) is 12.7. The summed E-state index contributed by atoms with van der Waals surface area (Å²) in [6.45, 7) is 1.90. The molecule has 1 amide bonds. The highest BCUT2D eigenvalue weighted by Crippen LogP contribution is 2.15. The number of carbonyl (C=O) groups excluding carboxylic acids is 1. The largest absolute Gasteiger partial charge is 0.394 e. The fraction of sp³-hybridized carbons (Fsp3) is 0.462. The van der Waals surface area contributed by atoms with Crippen LogP contribution in [0.1, 0.15) is 24.9 Å². The van der Waals surface area contributed by atoms with Crippen LogP contribution in [0.2, 0.25) is 0 Å². The zero-order valence-corrected chi connectivity index (χ0v) is 11.0. The van der Waals surface area contributed by atoms with Gasteiger partial charge in [-0.1, -0.05) is 37.3 Å². The third-order valence-corrected chi connectivity index (χ3v) is 3.77. The summed E-state index contributed by atoms with van der Waals surface area (Å²) in [5.74, 6) is -0.0112. The van der Waals surface area contributed by atoms with Gasteiger partial charge in [0.1, 0.15) is 0 Å². The number of aliphatic hydroxyl groups is 1. The van der Waals surface area contributed by atoms with E-state index < -0.39 is 0 Å². The number of rotatable bonds is 6. The highest BCUT2D eigenvalue weighted by atomic mass is 32.2. The summed E-state index contributed by atoms with van der Waals surface area (Å²) < 4.78 is 0. The van der Waals surface area contributed by atoms with Crippen molar-refractivity contribution in [2.45, 2.75) is 24.6 Å². The lowest BCUT2D eigenvalue weighted by molar-refractivity contribution is -0.121. The zero-order valence-electron chi connectivity index (χ0n) is 10.2. The number of nitrogens with one attached hydrogen (secondary N) is 1. The van der Waals surface area contributed by atoms with E-state index in [1.807, 2.05) is 43.5 Å². The molecule has 2 N–H and O–H groups in total. The molecule has 0 heterocycles. The molecule has 0 aliphatic rings. The maximum Gasteiger partial charge on any atom is 0.233 e. The molecule has 0 unspecified atom stereocenters. The van der Waals surface area contributed by atoms with Crippen LogP contribution in [-0.4, -0.2) is 29.1 Å². The average molecular weight is 253 g/mol. The van der Waals surface area contributed by atoms with Gasteiger partial charge in [0.2, 0.25) is 5.91 Å². The lowest BCUT2D eigenvalue weighted by Crippen LogP contribution is -2.36. The molecule has 0 aromatic heterocycles. The highest BCUT2D eigenvalue weighted by Gasteiger charge is 2.19. The van der Waals surface area contributed by atoms with Gasteiger partial charge in [0, 0.05) is 0 Å². The smallest absolute Gasteiger partial charge is 0.233 e. The van der Waals surface area contributed by atoms with E-state index in [2.05, 4.69) is 5.32 Å². The van der Waals surface area contributed by atoms with E-state index in [4.69, 9.17) is 0 Å². The molecule has 17 heavy (non-hydrogen) atoms. The predicted molar refractivity (Wildman–Crippen MR) is 72.0 cm³/mol. The van der Waals surface area contributed by atoms with Gasteiger partial charge in [-0.25, -0.2) is 0 Å². The van der Waals surface area contributed by atoms with Gasteiger partial charge in [-0.05, 0) is 18.2 Å². The molecule has 0 saturated heterocycles. The third kappa shape index (κ3) is 4.06. The van der Waals surface area contributed by atoms with Crippen molar-refractivity contribution in [1.82, 2.24) is 5.32 Å². The van der Waals surface area contributed by atoms with Crippen molar-refractivity contribution in [2.75, 3.05) is 12.9 Å². The molecule has 0 aliphatic heterocycles. The van der Waals surface area contributed by atoms with Crippen LogP contribution in [0, 0.1) is 0 Å². The van der Waals surface area contributed by atoms with Crippen molar-refractivity contribution in [3.05, 3.63) is 35.9 Å². The minimum absolute atomic E-state index is 0.0112. The monoisotopic (exact) mass is 253 g/mol. The molecular weight excluding hydrogens is 234 g/mol. The first-order valence-electron chi connectivity index (χ1n) is 5.71. The second-order valence-corrected chi connectivity index (χ2v) is 4.83. The van der Waals surface area contributed by atoms with Crippen molar-refractivity contribution < 1.29 is 9.90 Å². The van der Waals surface area contributed by atoms with Gasteiger partial charge in [-0.2, -0.15) is 11.8 Å². The fourth-order valence-electron chi connectivity index (χ4n) is 1.64. The van der Waals surface area contributed by atoms with Crippen molar-refractivity contribution >= 4 is 17.7 Å². The Kier molecular flexibility index (Phi) is 6.08. The summed E-state index contributed by atoms with van der Waals surface area (Å²) in [6, 6.07) is 9.20. The average Bonchev–Trinajstić information content (AvgIpc) is 2.38. The Hall–Kier alpha value is -1.00. The second-order valence-electron chi connectivity index (χ2n) is 3.79. The molecule has 94 valence electrons. The molecular formula is C13H19NO2S. The minimum Gasteiger partial charge on any atom is -0.394 e. The van der Waals surface area contributed by atoms with Crippen molar-refractivity contribution in [1.29, 1.82) is 0 Å². The van der Waals surface area contributed by atoms with E-state index in [1.165, 1.54) is 11.8 Å². The van der Waals surface area contributed by atoms with Crippen molar-refractivity contribution in [3.8, 4) is 0 Å². The van der Waals surface area contributed by atoms with Crippen LogP contribution in [-0.2, 0) is 4.79 Å². The summed E-state index contributed by atoms with van der Waals surface area (Å²) in [6.07, 6.45) is 2.71. The van der Waals surface area contributed by atoms with E-state index in [1.54, 1.807) is 0 Å². The minimum atomic E-state index is -0.315. The quantitative estimate of drug-likeness (QED) is 0.815. The molecule has 0 fully saturated rings. The summed E-state index contributed by atoms with van der Waals surface area (Å²) in [5, 5.41) is 12.2. The second kappa shape index (κ2) is 7.35. The van der Waals surface area contributed by atoms with E-state index >= 15 is 0 Å². The van der Waals surface area contributed by atoms with Crippen LogP contribution in [0.25, 0.3) is 0 Å². The van der Waals surface area contributed by atoms with E-state index in [0.717, 1.165) is 12.0 Å². The molecule has 4 heteroatoms. The van der Waals surface area contributed by atoms with Crippen LogP contribution in [0.5, 0.6) is 0 Å². The number of thioether (sulfide) groups is 1. The van der Waals surface area contributed by atoms with Gasteiger partial charge in [0.05, 0.1) is 17.9 Å². The number of hydrogen-bond acceptors (Lipinski definition) is 3. The first-order valence-corrected chi connectivity index (χ1v) is 7.00. The van der Waals surface area contributed by atoms with E-state index in [-0.39, 0.29) is 23.8 Å². The SMILES string of the molecule is CC[C@H](SC)C(=O)N[C@H](CO)c1ccccc1. The summed E-state index contributed by atoms with van der Waals surface area (Å²) in [5.41, 5.74) is 0.930.